The SMILES string of the molecule is CCc1nc(Cl)c(C)c(N2CCC(N3CCOCC3)C2)n1. The molecule has 0 radical (unpaired) electrons. The molecule has 2 fully saturated rings. The lowest BCUT2D eigenvalue weighted by atomic mass is 10.2. The van der Waals surface area contributed by atoms with Gasteiger partial charge in [0.05, 0.1) is 13.2 Å². The average molecular weight is 311 g/mol. The van der Waals surface area contributed by atoms with E-state index in [1.807, 2.05) is 6.92 Å². The second-order valence-electron chi connectivity index (χ2n) is 5.77. The summed E-state index contributed by atoms with van der Waals surface area (Å²) >= 11 is 6.26. The van der Waals surface area contributed by atoms with Gasteiger partial charge in [-0.05, 0) is 13.3 Å². The Morgan fingerprint density at radius 1 is 1.24 bits per heavy atom. The molecule has 1 unspecified atom stereocenters. The molecule has 2 aliphatic heterocycles. The molecule has 21 heavy (non-hydrogen) atoms. The standard InChI is InChI=1S/C15H23ClN4O/c1-3-13-17-14(16)11(2)15(18-13)20-5-4-12(10-20)19-6-8-21-9-7-19/h12H,3-10H2,1-2H3. The van der Waals surface area contributed by atoms with Gasteiger partial charge in [-0.1, -0.05) is 18.5 Å². The zero-order valence-corrected chi connectivity index (χ0v) is 13.6. The molecule has 3 heterocycles. The summed E-state index contributed by atoms with van der Waals surface area (Å²) in [5.41, 5.74) is 0.997. The van der Waals surface area contributed by atoms with Crippen molar-refractivity contribution in [3.63, 3.8) is 0 Å². The van der Waals surface area contributed by atoms with E-state index in [4.69, 9.17) is 21.3 Å². The van der Waals surface area contributed by atoms with Crippen LogP contribution in [0, 0.1) is 6.92 Å². The van der Waals surface area contributed by atoms with Gasteiger partial charge in [-0.2, -0.15) is 0 Å². The van der Waals surface area contributed by atoms with E-state index in [2.05, 4.69) is 21.7 Å². The zero-order chi connectivity index (χ0) is 14.8. The van der Waals surface area contributed by atoms with Gasteiger partial charge in [-0.25, -0.2) is 9.97 Å². The number of aromatic nitrogens is 2. The molecule has 0 aromatic carbocycles. The van der Waals surface area contributed by atoms with Crippen molar-refractivity contribution in [1.29, 1.82) is 0 Å². The third-order valence-corrected chi connectivity index (χ3v) is 4.82. The molecule has 0 aliphatic carbocycles. The van der Waals surface area contributed by atoms with Gasteiger partial charge in [0.2, 0.25) is 0 Å². The lowest BCUT2D eigenvalue weighted by molar-refractivity contribution is 0.0209. The van der Waals surface area contributed by atoms with E-state index in [9.17, 15) is 0 Å². The van der Waals surface area contributed by atoms with Gasteiger partial charge in [0.1, 0.15) is 16.8 Å². The molecule has 2 saturated heterocycles. The maximum absolute atomic E-state index is 6.26. The number of halogens is 1. The van der Waals surface area contributed by atoms with Crippen molar-refractivity contribution in [3.05, 3.63) is 16.5 Å². The predicted molar refractivity (Wildman–Crippen MR) is 84.2 cm³/mol. The largest absolute Gasteiger partial charge is 0.379 e. The predicted octanol–water partition coefficient (Wildman–Crippen LogP) is 1.91. The Bertz CT molecular complexity index is 505. The first-order valence-corrected chi connectivity index (χ1v) is 8.16. The van der Waals surface area contributed by atoms with Gasteiger partial charge in [-0.15, -0.1) is 0 Å². The van der Waals surface area contributed by atoms with Crippen LogP contribution >= 0.6 is 11.6 Å². The van der Waals surface area contributed by atoms with E-state index in [-0.39, 0.29) is 0 Å². The van der Waals surface area contributed by atoms with Crippen LogP contribution in [0.3, 0.4) is 0 Å². The summed E-state index contributed by atoms with van der Waals surface area (Å²) < 4.78 is 5.44. The van der Waals surface area contributed by atoms with Crippen molar-refractivity contribution in [2.75, 3.05) is 44.3 Å². The average Bonchev–Trinajstić information content (AvgIpc) is 3.00. The van der Waals surface area contributed by atoms with E-state index < -0.39 is 0 Å². The van der Waals surface area contributed by atoms with Crippen molar-refractivity contribution >= 4 is 17.4 Å². The first-order chi connectivity index (χ1) is 10.2. The lowest BCUT2D eigenvalue weighted by Crippen LogP contribution is -2.44. The molecule has 1 atom stereocenters. The monoisotopic (exact) mass is 310 g/mol. The number of aryl methyl sites for hydroxylation is 1. The van der Waals surface area contributed by atoms with Crippen molar-refractivity contribution in [3.8, 4) is 0 Å². The number of anilines is 1. The Morgan fingerprint density at radius 2 is 2.00 bits per heavy atom. The van der Waals surface area contributed by atoms with Crippen molar-refractivity contribution < 1.29 is 4.74 Å². The van der Waals surface area contributed by atoms with Crippen LogP contribution in [0.5, 0.6) is 0 Å². The quantitative estimate of drug-likeness (QED) is 0.798. The molecule has 0 amide bonds. The van der Waals surface area contributed by atoms with Crippen molar-refractivity contribution in [2.45, 2.75) is 32.7 Å². The summed E-state index contributed by atoms with van der Waals surface area (Å²) in [6.07, 6.45) is 2.00. The molecule has 0 N–H and O–H groups in total. The normalized spacial score (nSPS) is 23.8. The van der Waals surface area contributed by atoms with Gasteiger partial charge >= 0.3 is 0 Å². The highest BCUT2D eigenvalue weighted by molar-refractivity contribution is 6.30. The second kappa shape index (κ2) is 6.46. The minimum Gasteiger partial charge on any atom is -0.379 e. The van der Waals surface area contributed by atoms with Gasteiger partial charge in [0, 0.05) is 44.2 Å². The maximum Gasteiger partial charge on any atom is 0.137 e. The second-order valence-corrected chi connectivity index (χ2v) is 6.13. The van der Waals surface area contributed by atoms with Crippen LogP contribution in [-0.4, -0.2) is 60.3 Å². The van der Waals surface area contributed by atoms with E-state index in [0.717, 1.165) is 63.0 Å². The fourth-order valence-electron chi connectivity index (χ4n) is 3.16. The summed E-state index contributed by atoms with van der Waals surface area (Å²) in [4.78, 5) is 13.9. The Kier molecular flexibility index (Phi) is 4.62. The van der Waals surface area contributed by atoms with Crippen LogP contribution < -0.4 is 4.90 Å². The fourth-order valence-corrected chi connectivity index (χ4v) is 3.34. The number of nitrogens with zero attached hydrogens (tertiary/aromatic N) is 4. The molecule has 5 nitrogen and oxygen atoms in total. The first kappa shape index (κ1) is 15.0. The number of hydrogen-bond donors (Lipinski definition) is 0. The molecular weight excluding hydrogens is 288 g/mol. The molecule has 1 aromatic rings. The number of rotatable bonds is 3. The molecule has 0 bridgehead atoms. The third kappa shape index (κ3) is 3.15. The van der Waals surface area contributed by atoms with Gasteiger partial charge < -0.3 is 9.64 Å². The lowest BCUT2D eigenvalue weighted by Gasteiger charge is -2.32. The highest BCUT2D eigenvalue weighted by Gasteiger charge is 2.30. The molecule has 2 aliphatic rings. The molecular formula is C15H23ClN4O. The highest BCUT2D eigenvalue weighted by atomic mass is 35.5. The zero-order valence-electron chi connectivity index (χ0n) is 12.8. The molecule has 0 spiro atoms. The minimum atomic E-state index is 0.590. The number of ether oxygens (including phenoxy) is 1. The summed E-state index contributed by atoms with van der Waals surface area (Å²) in [6, 6.07) is 0.604. The highest BCUT2D eigenvalue weighted by Crippen LogP contribution is 2.28. The molecule has 6 heteroatoms. The van der Waals surface area contributed by atoms with Crippen LogP contribution in [-0.2, 0) is 11.2 Å². The van der Waals surface area contributed by atoms with Gasteiger partial charge in [-0.3, -0.25) is 4.90 Å². The topological polar surface area (TPSA) is 41.5 Å². The third-order valence-electron chi connectivity index (χ3n) is 4.45. The maximum atomic E-state index is 6.26. The van der Waals surface area contributed by atoms with Crippen LogP contribution in [0.15, 0.2) is 0 Å². The fraction of sp³-hybridized carbons (Fsp3) is 0.733. The molecule has 116 valence electrons. The molecule has 1 aromatic heterocycles. The first-order valence-electron chi connectivity index (χ1n) is 7.78. The van der Waals surface area contributed by atoms with Gasteiger partial charge in [0.15, 0.2) is 0 Å². The minimum absolute atomic E-state index is 0.590. The van der Waals surface area contributed by atoms with E-state index in [1.54, 1.807) is 0 Å². The van der Waals surface area contributed by atoms with E-state index in [0.29, 0.717) is 11.2 Å². The Morgan fingerprint density at radius 3 is 2.71 bits per heavy atom. The smallest absolute Gasteiger partial charge is 0.137 e. The van der Waals surface area contributed by atoms with Crippen LogP contribution in [0.2, 0.25) is 5.15 Å². The van der Waals surface area contributed by atoms with E-state index in [1.165, 1.54) is 6.42 Å². The molecule has 3 rings (SSSR count). The Balaban J connectivity index is 1.75. The number of hydrogen-bond acceptors (Lipinski definition) is 5. The van der Waals surface area contributed by atoms with Crippen molar-refractivity contribution in [1.82, 2.24) is 14.9 Å². The summed E-state index contributed by atoms with van der Waals surface area (Å²) in [6.45, 7) is 9.94. The Labute approximate surface area is 131 Å². The summed E-state index contributed by atoms with van der Waals surface area (Å²) in [7, 11) is 0. The van der Waals surface area contributed by atoms with Crippen molar-refractivity contribution in [2.24, 2.45) is 0 Å². The summed E-state index contributed by atoms with van der Waals surface area (Å²) in [5.74, 6) is 1.85. The van der Waals surface area contributed by atoms with Crippen LogP contribution in [0.25, 0.3) is 0 Å². The van der Waals surface area contributed by atoms with Crippen LogP contribution in [0.1, 0.15) is 24.7 Å². The summed E-state index contributed by atoms with van der Waals surface area (Å²) in [5, 5.41) is 0.590. The Hall–Kier alpha value is -0.910. The van der Waals surface area contributed by atoms with Crippen LogP contribution in [0.4, 0.5) is 5.82 Å². The number of morpholine rings is 1. The molecule has 0 saturated carbocycles. The van der Waals surface area contributed by atoms with E-state index >= 15 is 0 Å². The van der Waals surface area contributed by atoms with Gasteiger partial charge in [0.25, 0.3) is 0 Å².